The van der Waals surface area contributed by atoms with E-state index >= 15 is 0 Å². The molecule has 0 radical (unpaired) electrons. The third-order valence-corrected chi connectivity index (χ3v) is 13.4. The molecule has 13 atom stereocenters. The molecule has 45 heavy (non-hydrogen) atoms. The summed E-state index contributed by atoms with van der Waals surface area (Å²) >= 11 is 0. The van der Waals surface area contributed by atoms with Gasteiger partial charge in [-0.05, 0) is 81.6 Å². The number of fused-ring (bicyclic) bond motifs is 6. The number of rotatable bonds is 5. The number of aliphatic hydroxyl groups is 2. The average molecular weight is 623 g/mol. The number of hydrogen-bond acceptors (Lipinski definition) is 9. The minimum absolute atomic E-state index is 0.0839. The lowest BCUT2D eigenvalue weighted by atomic mass is 9.41. The van der Waals surface area contributed by atoms with Crippen LogP contribution in [0.3, 0.4) is 0 Å². The Kier molecular flexibility index (Phi) is 7.18. The lowest BCUT2D eigenvalue weighted by Gasteiger charge is -2.65. The number of carbonyl (C=O) groups excluding carboxylic acids is 2. The highest BCUT2D eigenvalue weighted by molar-refractivity contribution is 5.85. The van der Waals surface area contributed by atoms with E-state index in [9.17, 15) is 19.8 Å². The number of carbonyl (C=O) groups is 2. The Morgan fingerprint density at radius 3 is 2.51 bits per heavy atom. The van der Waals surface area contributed by atoms with Gasteiger partial charge >= 0.3 is 5.97 Å². The first-order valence-corrected chi connectivity index (χ1v) is 17.0. The van der Waals surface area contributed by atoms with Gasteiger partial charge in [-0.3, -0.25) is 0 Å². The molecule has 6 fully saturated rings. The summed E-state index contributed by atoms with van der Waals surface area (Å²) in [5.74, 6) is -0.401. The second kappa shape index (κ2) is 10.7. The van der Waals surface area contributed by atoms with Crippen LogP contribution in [0.1, 0.15) is 89.9 Å². The topological polar surface area (TPSA) is 121 Å². The van der Waals surface area contributed by atoms with Crippen LogP contribution in [-0.2, 0) is 33.3 Å². The van der Waals surface area contributed by atoms with E-state index in [2.05, 4.69) is 6.92 Å². The van der Waals surface area contributed by atoms with Gasteiger partial charge in [-0.2, -0.15) is 0 Å². The molecule has 1 aromatic rings. The molecule has 7 aliphatic rings. The molecule has 9 heteroatoms. The zero-order valence-corrected chi connectivity index (χ0v) is 26.3. The maximum absolute atomic E-state index is 13.2. The molecule has 1 aromatic carbocycles. The van der Waals surface area contributed by atoms with Crippen LogP contribution in [0.25, 0.3) is 0 Å². The van der Waals surface area contributed by atoms with Gasteiger partial charge in [-0.1, -0.05) is 37.3 Å². The number of hydrogen-bond donors (Lipinski definition) is 2. The van der Waals surface area contributed by atoms with Gasteiger partial charge in [0, 0.05) is 29.9 Å². The summed E-state index contributed by atoms with van der Waals surface area (Å²) in [5.41, 5.74) is -1.51. The van der Waals surface area contributed by atoms with Crippen molar-refractivity contribution in [2.45, 2.75) is 126 Å². The number of ether oxygens (including phenoxy) is 5. The standard InChI is InChI=1S/C36H46O9/c1-21-31-28(44-32(45-31)22-6-4-3-5-7-22)17-30(42-21)43-24-8-13-34(20-37)26-9-12-33(2)25(23-16-29(38)41-19-23)11-15-36(33,40)27(26)10-14-35(34,39)18-24/h3-7,16,20-21,24-28,30-32,39-40H,8-15,17-19H2,1-2H3/t21?,24-,25-,26?,27?,28?,30+,31-,32?,33-,34+,35+,36+/m1/s1. The van der Waals surface area contributed by atoms with E-state index < -0.39 is 34.6 Å². The number of esters is 1. The molecular weight excluding hydrogens is 576 g/mol. The largest absolute Gasteiger partial charge is 0.458 e. The molecule has 0 bridgehead atoms. The van der Waals surface area contributed by atoms with Crippen LogP contribution < -0.4 is 0 Å². The van der Waals surface area contributed by atoms with Crippen molar-refractivity contribution in [2.24, 2.45) is 28.6 Å². The first-order chi connectivity index (χ1) is 21.6. The predicted molar refractivity (Wildman–Crippen MR) is 160 cm³/mol. The lowest BCUT2D eigenvalue weighted by Crippen LogP contribution is -2.69. The maximum atomic E-state index is 13.2. The van der Waals surface area contributed by atoms with Gasteiger partial charge in [0.25, 0.3) is 0 Å². The molecule has 9 nitrogen and oxygen atoms in total. The van der Waals surface area contributed by atoms with Crippen LogP contribution >= 0.6 is 0 Å². The Morgan fingerprint density at radius 1 is 0.956 bits per heavy atom. The molecule has 2 saturated heterocycles. The van der Waals surface area contributed by atoms with E-state index in [1.54, 1.807) is 6.08 Å². The van der Waals surface area contributed by atoms with Gasteiger partial charge in [0.1, 0.15) is 19.0 Å². The molecule has 4 saturated carbocycles. The van der Waals surface area contributed by atoms with Crippen molar-refractivity contribution in [1.29, 1.82) is 0 Å². The summed E-state index contributed by atoms with van der Waals surface area (Å²) in [6.45, 7) is 4.46. The van der Waals surface area contributed by atoms with Crippen molar-refractivity contribution in [1.82, 2.24) is 0 Å². The van der Waals surface area contributed by atoms with Crippen molar-refractivity contribution in [2.75, 3.05) is 6.61 Å². The molecule has 8 rings (SSSR count). The van der Waals surface area contributed by atoms with E-state index in [0.717, 1.165) is 36.7 Å². The van der Waals surface area contributed by atoms with Crippen LogP contribution in [-0.4, -0.2) is 71.0 Å². The summed E-state index contributed by atoms with van der Waals surface area (Å²) < 4.78 is 30.6. The summed E-state index contributed by atoms with van der Waals surface area (Å²) in [6, 6.07) is 9.91. The first-order valence-electron chi connectivity index (χ1n) is 17.0. The van der Waals surface area contributed by atoms with Gasteiger partial charge < -0.3 is 38.7 Å². The normalized spacial score (nSPS) is 50.5. The Bertz CT molecular complexity index is 1370. The smallest absolute Gasteiger partial charge is 0.331 e. The van der Waals surface area contributed by atoms with Gasteiger partial charge in [0.15, 0.2) is 12.6 Å². The Morgan fingerprint density at radius 2 is 1.76 bits per heavy atom. The number of benzene rings is 1. The molecule has 0 amide bonds. The summed E-state index contributed by atoms with van der Waals surface area (Å²) in [4.78, 5) is 25.1. The highest BCUT2D eigenvalue weighted by Gasteiger charge is 2.71. The monoisotopic (exact) mass is 622 g/mol. The molecule has 244 valence electrons. The van der Waals surface area contributed by atoms with Gasteiger partial charge in [-0.25, -0.2) is 4.79 Å². The quantitative estimate of drug-likeness (QED) is 0.277. The minimum atomic E-state index is -1.20. The second-order valence-electron chi connectivity index (χ2n) is 15.3. The van der Waals surface area contributed by atoms with Gasteiger partial charge in [-0.15, -0.1) is 0 Å². The molecule has 3 aliphatic heterocycles. The molecular formula is C36H46O9. The van der Waals surface area contributed by atoms with Crippen molar-refractivity contribution in [3.63, 3.8) is 0 Å². The molecule has 5 unspecified atom stereocenters. The van der Waals surface area contributed by atoms with Crippen LogP contribution in [0.15, 0.2) is 42.0 Å². The number of aldehydes is 1. The molecule has 0 aromatic heterocycles. The highest BCUT2D eigenvalue weighted by Crippen LogP contribution is 2.70. The van der Waals surface area contributed by atoms with Crippen LogP contribution in [0, 0.1) is 28.6 Å². The molecule has 2 N–H and O–H groups in total. The maximum Gasteiger partial charge on any atom is 0.331 e. The second-order valence-corrected chi connectivity index (χ2v) is 15.3. The molecule has 3 heterocycles. The molecule has 4 aliphatic carbocycles. The number of cyclic esters (lactones) is 1. The molecule has 0 spiro atoms. The highest BCUT2D eigenvalue weighted by atomic mass is 16.8. The van der Waals surface area contributed by atoms with Crippen LogP contribution in [0.2, 0.25) is 0 Å². The fraction of sp³-hybridized carbons (Fsp3) is 0.722. The van der Waals surface area contributed by atoms with Gasteiger partial charge in [0.05, 0.1) is 34.9 Å². The van der Waals surface area contributed by atoms with Crippen LogP contribution in [0.4, 0.5) is 0 Å². The van der Waals surface area contributed by atoms with E-state index in [1.807, 2.05) is 37.3 Å². The van der Waals surface area contributed by atoms with E-state index in [-0.39, 0.29) is 48.1 Å². The Labute approximate surface area is 264 Å². The predicted octanol–water partition coefficient (Wildman–Crippen LogP) is 4.54. The Hall–Kier alpha value is -2.14. The fourth-order valence-corrected chi connectivity index (χ4v) is 11.2. The summed E-state index contributed by atoms with van der Waals surface area (Å²) in [5, 5.41) is 24.8. The SMILES string of the molecule is CC1O[C@@H](O[C@@H]2CC[C@]3(C=O)C4CC[C@]5(C)[C@@H](C6=CC(=O)OC6)CC[C@]5(O)C4CC[C@]3(O)C2)CC2OC(c3ccccc3)O[C@H]12. The lowest BCUT2D eigenvalue weighted by molar-refractivity contribution is -0.278. The van der Waals surface area contributed by atoms with Crippen LogP contribution in [0.5, 0.6) is 0 Å². The van der Waals surface area contributed by atoms with E-state index in [1.165, 1.54) is 0 Å². The first kappa shape index (κ1) is 30.2. The third kappa shape index (κ3) is 4.41. The third-order valence-electron chi connectivity index (χ3n) is 13.4. The zero-order chi connectivity index (χ0) is 31.2. The minimum Gasteiger partial charge on any atom is -0.458 e. The fourth-order valence-electron chi connectivity index (χ4n) is 11.2. The Balaban J connectivity index is 0.964. The van der Waals surface area contributed by atoms with E-state index in [0.29, 0.717) is 51.6 Å². The summed E-state index contributed by atoms with van der Waals surface area (Å²) in [7, 11) is 0. The summed E-state index contributed by atoms with van der Waals surface area (Å²) in [6.07, 6.45) is 7.04. The van der Waals surface area contributed by atoms with Gasteiger partial charge in [0.2, 0.25) is 0 Å². The van der Waals surface area contributed by atoms with E-state index in [4.69, 9.17) is 23.7 Å². The van der Waals surface area contributed by atoms with Crippen molar-refractivity contribution >= 4 is 12.3 Å². The average Bonchev–Trinajstić information content (AvgIpc) is 3.72. The zero-order valence-electron chi connectivity index (χ0n) is 26.3. The van der Waals surface area contributed by atoms with Crippen molar-refractivity contribution in [3.05, 3.63) is 47.5 Å². The van der Waals surface area contributed by atoms with Crippen molar-refractivity contribution < 1.29 is 43.5 Å². The van der Waals surface area contributed by atoms with Crippen molar-refractivity contribution in [3.8, 4) is 0 Å².